The molecule has 0 saturated heterocycles. The van der Waals surface area contributed by atoms with Gasteiger partial charge in [0.1, 0.15) is 0 Å². The van der Waals surface area contributed by atoms with E-state index in [1.54, 1.807) is 0 Å². The maximum atomic E-state index is 5.48. The summed E-state index contributed by atoms with van der Waals surface area (Å²) in [5.74, 6) is 0. The van der Waals surface area contributed by atoms with E-state index < -0.39 is 0 Å². The predicted molar refractivity (Wildman–Crippen MR) is 76.3 cm³/mol. The van der Waals surface area contributed by atoms with Crippen LogP contribution in [0.4, 0.5) is 0 Å². The third-order valence-corrected chi connectivity index (χ3v) is 3.26. The molecule has 1 rings (SSSR count). The van der Waals surface area contributed by atoms with Gasteiger partial charge in [0.25, 0.3) is 0 Å². The molecule has 100 valence electrons. The third kappa shape index (κ3) is 7.55. The maximum Gasteiger partial charge on any atom is 0.166 e. The summed E-state index contributed by atoms with van der Waals surface area (Å²) in [6.45, 7) is 5.93. The molecule has 0 aromatic rings. The van der Waals surface area contributed by atoms with E-state index >= 15 is 0 Å². The molecule has 0 bridgehead atoms. The molecule has 0 heterocycles. The molecule has 4 heteroatoms. The Hall–Kier alpha value is -0.350. The van der Waals surface area contributed by atoms with Crippen LogP contribution < -0.4 is 10.6 Å². The van der Waals surface area contributed by atoms with Gasteiger partial charge in [-0.05, 0) is 51.7 Å². The first-order valence-electron chi connectivity index (χ1n) is 6.84. The molecule has 1 aliphatic rings. The highest BCUT2D eigenvalue weighted by atomic mass is 32.1. The zero-order valence-electron chi connectivity index (χ0n) is 11.1. The molecule has 0 aromatic heterocycles. The lowest BCUT2D eigenvalue weighted by Gasteiger charge is -2.15. The number of rotatable bonds is 7. The average Bonchev–Trinajstić information content (AvgIpc) is 2.75. The SMILES string of the molecule is CC(C)OCCCCNC(=S)NC1CCCC1. The van der Waals surface area contributed by atoms with Gasteiger partial charge in [-0.1, -0.05) is 12.8 Å². The fourth-order valence-corrected chi connectivity index (χ4v) is 2.32. The standard InChI is InChI=1S/C13H26N2OS/c1-11(2)16-10-6-5-9-14-13(17)15-12-7-3-4-8-12/h11-12H,3-10H2,1-2H3,(H2,14,15,17). The number of nitrogens with one attached hydrogen (secondary N) is 2. The van der Waals surface area contributed by atoms with Gasteiger partial charge in [-0.15, -0.1) is 0 Å². The van der Waals surface area contributed by atoms with Gasteiger partial charge in [0, 0.05) is 19.2 Å². The van der Waals surface area contributed by atoms with Crippen LogP contribution in [-0.2, 0) is 4.74 Å². The van der Waals surface area contributed by atoms with Crippen molar-refractivity contribution >= 4 is 17.3 Å². The average molecular weight is 258 g/mol. The number of ether oxygens (including phenoxy) is 1. The van der Waals surface area contributed by atoms with Crippen molar-refractivity contribution in [1.82, 2.24) is 10.6 Å². The minimum atomic E-state index is 0.341. The van der Waals surface area contributed by atoms with E-state index in [9.17, 15) is 0 Å². The molecule has 17 heavy (non-hydrogen) atoms. The summed E-state index contributed by atoms with van der Waals surface area (Å²) in [6.07, 6.45) is 7.76. The Balaban J connectivity index is 1.89. The van der Waals surface area contributed by atoms with Crippen LogP contribution in [-0.4, -0.2) is 30.4 Å². The van der Waals surface area contributed by atoms with Crippen molar-refractivity contribution in [3.8, 4) is 0 Å². The second-order valence-electron chi connectivity index (χ2n) is 5.01. The number of hydrogen-bond donors (Lipinski definition) is 2. The lowest BCUT2D eigenvalue weighted by Crippen LogP contribution is -2.41. The minimum Gasteiger partial charge on any atom is -0.379 e. The molecular weight excluding hydrogens is 232 g/mol. The highest BCUT2D eigenvalue weighted by Gasteiger charge is 2.14. The molecule has 2 N–H and O–H groups in total. The van der Waals surface area contributed by atoms with E-state index in [2.05, 4.69) is 24.5 Å². The van der Waals surface area contributed by atoms with E-state index in [0.717, 1.165) is 31.1 Å². The lowest BCUT2D eigenvalue weighted by atomic mass is 10.2. The molecule has 3 nitrogen and oxygen atoms in total. The molecule has 0 radical (unpaired) electrons. The molecule has 0 spiro atoms. The quantitative estimate of drug-likeness (QED) is 0.543. The summed E-state index contributed by atoms with van der Waals surface area (Å²) in [7, 11) is 0. The van der Waals surface area contributed by atoms with Gasteiger partial charge in [0.15, 0.2) is 5.11 Å². The zero-order chi connectivity index (χ0) is 12.5. The Kier molecular flexibility index (Phi) is 7.53. The van der Waals surface area contributed by atoms with Crippen LogP contribution >= 0.6 is 12.2 Å². The van der Waals surface area contributed by atoms with Crippen molar-refractivity contribution in [2.24, 2.45) is 0 Å². The summed E-state index contributed by atoms with van der Waals surface area (Å²) < 4.78 is 5.48. The topological polar surface area (TPSA) is 33.3 Å². The Morgan fingerprint density at radius 1 is 1.29 bits per heavy atom. The molecular formula is C13H26N2OS. The van der Waals surface area contributed by atoms with Crippen LogP contribution in [0.25, 0.3) is 0 Å². The molecule has 0 aliphatic heterocycles. The van der Waals surface area contributed by atoms with Gasteiger partial charge < -0.3 is 15.4 Å². The van der Waals surface area contributed by atoms with Gasteiger partial charge in [0.2, 0.25) is 0 Å². The van der Waals surface area contributed by atoms with Crippen LogP contribution in [0.1, 0.15) is 52.4 Å². The number of thiocarbonyl (C=S) groups is 1. The monoisotopic (exact) mass is 258 g/mol. The molecule has 0 atom stereocenters. The van der Waals surface area contributed by atoms with Gasteiger partial charge >= 0.3 is 0 Å². The molecule has 0 unspecified atom stereocenters. The maximum absolute atomic E-state index is 5.48. The molecule has 1 aliphatic carbocycles. The first-order chi connectivity index (χ1) is 8.18. The first kappa shape index (κ1) is 14.7. The van der Waals surface area contributed by atoms with Crippen LogP contribution in [0.5, 0.6) is 0 Å². The Labute approximate surface area is 111 Å². The summed E-state index contributed by atoms with van der Waals surface area (Å²) in [4.78, 5) is 0. The second-order valence-corrected chi connectivity index (χ2v) is 5.42. The highest BCUT2D eigenvalue weighted by Crippen LogP contribution is 2.17. The molecule has 1 fully saturated rings. The number of hydrogen-bond acceptors (Lipinski definition) is 2. The lowest BCUT2D eigenvalue weighted by molar-refractivity contribution is 0.0762. The van der Waals surface area contributed by atoms with E-state index in [1.165, 1.54) is 25.7 Å². The van der Waals surface area contributed by atoms with E-state index in [-0.39, 0.29) is 0 Å². The van der Waals surface area contributed by atoms with Crippen molar-refractivity contribution in [2.75, 3.05) is 13.2 Å². The minimum absolute atomic E-state index is 0.341. The highest BCUT2D eigenvalue weighted by molar-refractivity contribution is 7.80. The van der Waals surface area contributed by atoms with Gasteiger partial charge in [-0.25, -0.2) is 0 Å². The summed E-state index contributed by atoms with van der Waals surface area (Å²) in [5, 5.41) is 7.46. The van der Waals surface area contributed by atoms with Crippen molar-refractivity contribution in [3.05, 3.63) is 0 Å². The Morgan fingerprint density at radius 3 is 2.65 bits per heavy atom. The van der Waals surface area contributed by atoms with Crippen molar-refractivity contribution in [2.45, 2.75) is 64.5 Å². The van der Waals surface area contributed by atoms with Crippen LogP contribution in [0.15, 0.2) is 0 Å². The van der Waals surface area contributed by atoms with Gasteiger partial charge in [-0.2, -0.15) is 0 Å². The first-order valence-corrected chi connectivity index (χ1v) is 7.25. The van der Waals surface area contributed by atoms with E-state index in [0.29, 0.717) is 12.1 Å². The summed E-state index contributed by atoms with van der Waals surface area (Å²) >= 11 is 5.26. The zero-order valence-corrected chi connectivity index (χ0v) is 11.9. The van der Waals surface area contributed by atoms with E-state index in [1.807, 2.05) is 0 Å². The van der Waals surface area contributed by atoms with Crippen molar-refractivity contribution in [1.29, 1.82) is 0 Å². The molecule has 1 saturated carbocycles. The second kappa shape index (κ2) is 8.70. The normalized spacial score (nSPS) is 16.4. The summed E-state index contributed by atoms with van der Waals surface area (Å²) in [5.41, 5.74) is 0. The smallest absolute Gasteiger partial charge is 0.166 e. The summed E-state index contributed by atoms with van der Waals surface area (Å²) in [6, 6.07) is 0.610. The van der Waals surface area contributed by atoms with Crippen LogP contribution in [0.3, 0.4) is 0 Å². The van der Waals surface area contributed by atoms with Crippen molar-refractivity contribution < 1.29 is 4.74 Å². The Bertz CT molecular complexity index is 215. The molecule has 0 amide bonds. The van der Waals surface area contributed by atoms with Gasteiger partial charge in [-0.3, -0.25) is 0 Å². The molecule has 0 aromatic carbocycles. The van der Waals surface area contributed by atoms with E-state index in [4.69, 9.17) is 17.0 Å². The third-order valence-electron chi connectivity index (χ3n) is 3.00. The largest absolute Gasteiger partial charge is 0.379 e. The van der Waals surface area contributed by atoms with Crippen molar-refractivity contribution in [3.63, 3.8) is 0 Å². The predicted octanol–water partition coefficient (Wildman–Crippen LogP) is 2.60. The van der Waals surface area contributed by atoms with Crippen LogP contribution in [0, 0.1) is 0 Å². The van der Waals surface area contributed by atoms with Gasteiger partial charge in [0.05, 0.1) is 6.10 Å². The fourth-order valence-electron chi connectivity index (χ4n) is 2.05. The fraction of sp³-hybridized carbons (Fsp3) is 0.923. The van der Waals surface area contributed by atoms with Crippen LogP contribution in [0.2, 0.25) is 0 Å². The number of unbranched alkanes of at least 4 members (excludes halogenated alkanes) is 1. The Morgan fingerprint density at radius 2 is 2.00 bits per heavy atom.